The van der Waals surface area contributed by atoms with Crippen LogP contribution in [0.5, 0.6) is 0 Å². The number of hydrogen-bond donors (Lipinski definition) is 1. The van der Waals surface area contributed by atoms with E-state index in [1.165, 1.54) is 31.3 Å². The van der Waals surface area contributed by atoms with E-state index in [-0.39, 0.29) is 5.91 Å². The minimum absolute atomic E-state index is 0.0910. The van der Waals surface area contributed by atoms with Gasteiger partial charge >= 0.3 is 0 Å². The predicted octanol–water partition coefficient (Wildman–Crippen LogP) is 3.42. The average molecular weight is 309 g/mol. The second-order valence-electron chi connectivity index (χ2n) is 6.00. The second-order valence-corrected chi connectivity index (χ2v) is 6.00. The van der Waals surface area contributed by atoms with E-state index in [9.17, 15) is 4.79 Å². The van der Waals surface area contributed by atoms with Gasteiger partial charge in [-0.2, -0.15) is 5.10 Å². The van der Waals surface area contributed by atoms with E-state index in [2.05, 4.69) is 16.5 Å². The van der Waals surface area contributed by atoms with Crippen molar-refractivity contribution in [2.24, 2.45) is 0 Å². The summed E-state index contributed by atoms with van der Waals surface area (Å²) in [6.45, 7) is 0.746. The van der Waals surface area contributed by atoms with Crippen LogP contribution in [0.25, 0.3) is 5.69 Å². The molecule has 120 valence electrons. The molecule has 0 atom stereocenters. The molecular weight excluding hydrogens is 286 g/mol. The molecule has 1 amide bonds. The summed E-state index contributed by atoms with van der Waals surface area (Å²) in [6, 6.07) is 9.84. The number of nitrogens with one attached hydrogen (secondary N) is 1. The van der Waals surface area contributed by atoms with E-state index in [4.69, 9.17) is 0 Å². The van der Waals surface area contributed by atoms with Crippen LogP contribution in [0.1, 0.15) is 37.7 Å². The highest BCUT2D eigenvalue weighted by molar-refractivity contribution is 5.78. The zero-order valence-electron chi connectivity index (χ0n) is 13.4. The van der Waals surface area contributed by atoms with Gasteiger partial charge in [0.25, 0.3) is 0 Å². The standard InChI is InChI=1S/C19H23N3O/c23-19(20-13-11-16-5-2-1-3-6-16)15-17-7-9-18(10-8-17)22-14-4-12-21-22/h4-5,7-10,12,14H,1-3,6,11,13,15H2,(H,20,23). The Balaban J connectivity index is 1.45. The maximum absolute atomic E-state index is 12.0. The van der Waals surface area contributed by atoms with Gasteiger partial charge < -0.3 is 5.32 Å². The Morgan fingerprint density at radius 3 is 2.78 bits per heavy atom. The summed E-state index contributed by atoms with van der Waals surface area (Å²) in [5.74, 6) is 0.0910. The molecule has 1 heterocycles. The van der Waals surface area contributed by atoms with Crippen molar-refractivity contribution in [3.63, 3.8) is 0 Å². The van der Waals surface area contributed by atoms with Gasteiger partial charge in [-0.25, -0.2) is 4.68 Å². The third-order valence-corrected chi connectivity index (χ3v) is 4.22. The fraction of sp³-hybridized carbons (Fsp3) is 0.368. The van der Waals surface area contributed by atoms with E-state index in [0.717, 1.165) is 24.2 Å². The summed E-state index contributed by atoms with van der Waals surface area (Å²) in [4.78, 5) is 12.0. The van der Waals surface area contributed by atoms with Gasteiger partial charge in [-0.3, -0.25) is 4.79 Å². The summed E-state index contributed by atoms with van der Waals surface area (Å²) in [6.07, 6.45) is 12.4. The molecule has 0 aliphatic heterocycles. The Labute approximate surface area is 137 Å². The Morgan fingerprint density at radius 1 is 1.22 bits per heavy atom. The van der Waals surface area contributed by atoms with Crippen molar-refractivity contribution in [3.05, 3.63) is 59.9 Å². The normalized spacial score (nSPS) is 14.3. The van der Waals surface area contributed by atoms with Gasteiger partial charge in [0.2, 0.25) is 5.91 Å². The summed E-state index contributed by atoms with van der Waals surface area (Å²) in [7, 11) is 0. The van der Waals surface area contributed by atoms with E-state index in [1.54, 1.807) is 6.20 Å². The van der Waals surface area contributed by atoms with E-state index in [1.807, 2.05) is 41.2 Å². The molecule has 0 radical (unpaired) electrons. The zero-order valence-corrected chi connectivity index (χ0v) is 13.4. The molecule has 1 aromatic heterocycles. The largest absolute Gasteiger partial charge is 0.355 e. The van der Waals surface area contributed by atoms with Crippen molar-refractivity contribution in [1.29, 1.82) is 0 Å². The monoisotopic (exact) mass is 309 g/mol. The van der Waals surface area contributed by atoms with Crippen LogP contribution in [0.15, 0.2) is 54.4 Å². The molecule has 0 fully saturated rings. The van der Waals surface area contributed by atoms with Gasteiger partial charge in [0.05, 0.1) is 12.1 Å². The van der Waals surface area contributed by atoms with Crippen molar-refractivity contribution in [3.8, 4) is 5.69 Å². The van der Waals surface area contributed by atoms with Crippen LogP contribution in [-0.4, -0.2) is 22.2 Å². The minimum atomic E-state index is 0.0910. The third kappa shape index (κ3) is 4.55. The van der Waals surface area contributed by atoms with E-state index < -0.39 is 0 Å². The van der Waals surface area contributed by atoms with Crippen LogP contribution in [0.3, 0.4) is 0 Å². The maximum atomic E-state index is 12.0. The Bertz CT molecular complexity index is 656. The maximum Gasteiger partial charge on any atom is 0.224 e. The molecule has 4 heteroatoms. The molecule has 3 rings (SSSR count). The predicted molar refractivity (Wildman–Crippen MR) is 91.4 cm³/mol. The van der Waals surface area contributed by atoms with Gasteiger partial charge in [0, 0.05) is 18.9 Å². The molecule has 0 bridgehead atoms. The number of hydrogen-bond acceptors (Lipinski definition) is 2. The lowest BCUT2D eigenvalue weighted by Crippen LogP contribution is -2.26. The Hall–Kier alpha value is -2.36. The first-order chi connectivity index (χ1) is 11.3. The van der Waals surface area contributed by atoms with E-state index in [0.29, 0.717) is 6.42 Å². The van der Waals surface area contributed by atoms with Gasteiger partial charge in [0.15, 0.2) is 0 Å². The molecule has 1 aliphatic carbocycles. The summed E-state index contributed by atoms with van der Waals surface area (Å²) in [5, 5.41) is 7.22. The molecule has 1 aromatic carbocycles. The highest BCUT2D eigenvalue weighted by Gasteiger charge is 2.06. The lowest BCUT2D eigenvalue weighted by molar-refractivity contribution is -0.120. The highest BCUT2D eigenvalue weighted by Crippen LogP contribution is 2.19. The number of amides is 1. The van der Waals surface area contributed by atoms with Crippen LogP contribution >= 0.6 is 0 Å². The van der Waals surface area contributed by atoms with Crippen molar-refractivity contribution in [2.45, 2.75) is 38.5 Å². The fourth-order valence-electron chi connectivity index (χ4n) is 2.93. The van der Waals surface area contributed by atoms with Crippen LogP contribution in [0.2, 0.25) is 0 Å². The van der Waals surface area contributed by atoms with Gasteiger partial charge in [-0.15, -0.1) is 0 Å². The number of allylic oxidation sites excluding steroid dienone is 1. The van der Waals surface area contributed by atoms with Crippen molar-refractivity contribution in [2.75, 3.05) is 6.54 Å². The van der Waals surface area contributed by atoms with Crippen LogP contribution in [0, 0.1) is 0 Å². The molecule has 0 spiro atoms. The highest BCUT2D eigenvalue weighted by atomic mass is 16.1. The van der Waals surface area contributed by atoms with Crippen LogP contribution in [-0.2, 0) is 11.2 Å². The number of carbonyl (C=O) groups excluding carboxylic acids is 1. The van der Waals surface area contributed by atoms with Crippen molar-refractivity contribution in [1.82, 2.24) is 15.1 Å². The number of aromatic nitrogens is 2. The Morgan fingerprint density at radius 2 is 2.09 bits per heavy atom. The van der Waals surface area contributed by atoms with Crippen molar-refractivity contribution < 1.29 is 4.79 Å². The number of benzene rings is 1. The lowest BCUT2D eigenvalue weighted by atomic mass is 9.97. The molecule has 0 saturated carbocycles. The van der Waals surface area contributed by atoms with Gasteiger partial charge in [-0.05, 0) is 55.9 Å². The molecule has 2 aromatic rings. The smallest absolute Gasteiger partial charge is 0.224 e. The molecule has 4 nitrogen and oxygen atoms in total. The average Bonchev–Trinajstić information content (AvgIpc) is 3.11. The van der Waals surface area contributed by atoms with Gasteiger partial charge in [-0.1, -0.05) is 23.8 Å². The molecular formula is C19H23N3O. The summed E-state index contributed by atoms with van der Waals surface area (Å²) >= 11 is 0. The number of carbonyl (C=O) groups is 1. The Kier molecular flexibility index (Phi) is 5.25. The van der Waals surface area contributed by atoms with Crippen molar-refractivity contribution >= 4 is 5.91 Å². The van der Waals surface area contributed by atoms with Crippen LogP contribution < -0.4 is 5.32 Å². The van der Waals surface area contributed by atoms with Crippen LogP contribution in [0.4, 0.5) is 0 Å². The summed E-state index contributed by atoms with van der Waals surface area (Å²) < 4.78 is 1.81. The lowest BCUT2D eigenvalue weighted by Gasteiger charge is -2.13. The van der Waals surface area contributed by atoms with E-state index >= 15 is 0 Å². The minimum Gasteiger partial charge on any atom is -0.355 e. The first-order valence-electron chi connectivity index (χ1n) is 8.35. The second kappa shape index (κ2) is 7.77. The fourth-order valence-corrected chi connectivity index (χ4v) is 2.93. The summed E-state index contributed by atoms with van der Waals surface area (Å²) in [5.41, 5.74) is 3.53. The molecule has 0 saturated heterocycles. The quantitative estimate of drug-likeness (QED) is 0.831. The molecule has 23 heavy (non-hydrogen) atoms. The number of rotatable bonds is 6. The SMILES string of the molecule is O=C(Cc1ccc(-n2cccn2)cc1)NCCC1=CCCCC1. The number of nitrogens with zero attached hydrogens (tertiary/aromatic N) is 2. The third-order valence-electron chi connectivity index (χ3n) is 4.22. The first kappa shape index (κ1) is 15.5. The molecule has 0 unspecified atom stereocenters. The topological polar surface area (TPSA) is 46.9 Å². The molecule has 1 aliphatic rings. The van der Waals surface area contributed by atoms with Gasteiger partial charge in [0.1, 0.15) is 0 Å². The zero-order chi connectivity index (χ0) is 15.9. The molecule has 1 N–H and O–H groups in total. The first-order valence-corrected chi connectivity index (χ1v) is 8.35.